The fourth-order valence-electron chi connectivity index (χ4n) is 5.09. The Hall–Kier alpha value is -3.21. The lowest BCUT2D eigenvalue weighted by molar-refractivity contribution is -0.142. The molecule has 220 valence electrons. The first-order valence-electron chi connectivity index (χ1n) is 13.4. The van der Waals surface area contributed by atoms with Crippen LogP contribution in [0, 0.1) is 5.92 Å². The molecule has 3 aromatic rings. The molecule has 3 aromatic heterocycles. The SMILES string of the molecule is CCOC(=O)c1nc(-c2ccc(S(=O)(=O)N3CCN(C(CC4CCCCC4)C(=O)Nc4nccs4)C(=O)C3)s2)no1. The van der Waals surface area contributed by atoms with E-state index in [-0.39, 0.29) is 48.1 Å². The zero-order valence-electron chi connectivity index (χ0n) is 22.4. The van der Waals surface area contributed by atoms with Crippen LogP contribution in [0.5, 0.6) is 0 Å². The van der Waals surface area contributed by atoms with Gasteiger partial charge in [0.25, 0.3) is 10.0 Å². The van der Waals surface area contributed by atoms with Crippen LogP contribution in [-0.4, -0.2) is 82.8 Å². The molecule has 1 unspecified atom stereocenters. The summed E-state index contributed by atoms with van der Waals surface area (Å²) >= 11 is 2.20. The number of thiophene rings is 1. The highest BCUT2D eigenvalue weighted by Crippen LogP contribution is 2.33. The summed E-state index contributed by atoms with van der Waals surface area (Å²) in [4.78, 5) is 48.5. The number of anilines is 1. The number of carbonyl (C=O) groups excluding carboxylic acids is 3. The van der Waals surface area contributed by atoms with Crippen LogP contribution >= 0.6 is 22.7 Å². The quantitative estimate of drug-likeness (QED) is 0.332. The molecular weight excluding hydrogens is 593 g/mol. The molecule has 1 saturated heterocycles. The van der Waals surface area contributed by atoms with E-state index in [9.17, 15) is 22.8 Å². The zero-order chi connectivity index (χ0) is 29.0. The Kier molecular flexibility index (Phi) is 9.11. The van der Waals surface area contributed by atoms with Crippen LogP contribution in [0.4, 0.5) is 5.13 Å². The molecule has 0 spiro atoms. The molecule has 1 atom stereocenters. The second kappa shape index (κ2) is 12.8. The summed E-state index contributed by atoms with van der Waals surface area (Å²) in [6, 6.07) is 2.21. The molecule has 5 rings (SSSR count). The van der Waals surface area contributed by atoms with Crippen molar-refractivity contribution in [2.24, 2.45) is 5.92 Å². The third kappa shape index (κ3) is 6.66. The van der Waals surface area contributed by atoms with E-state index in [1.165, 1.54) is 34.8 Å². The molecule has 1 N–H and O–H groups in total. The predicted molar refractivity (Wildman–Crippen MR) is 150 cm³/mol. The molecule has 41 heavy (non-hydrogen) atoms. The Labute approximate surface area is 244 Å². The van der Waals surface area contributed by atoms with Gasteiger partial charge in [0.05, 0.1) is 18.0 Å². The Morgan fingerprint density at radius 2 is 2.02 bits per heavy atom. The molecule has 2 amide bonds. The van der Waals surface area contributed by atoms with Crippen LogP contribution in [0.2, 0.25) is 0 Å². The van der Waals surface area contributed by atoms with Gasteiger partial charge in [-0.15, -0.1) is 22.7 Å². The summed E-state index contributed by atoms with van der Waals surface area (Å²) in [5, 5.41) is 8.79. The normalized spacial score (nSPS) is 17.9. The van der Waals surface area contributed by atoms with Crippen molar-refractivity contribution in [1.29, 1.82) is 0 Å². The van der Waals surface area contributed by atoms with Crippen LogP contribution in [0.1, 0.15) is 56.1 Å². The van der Waals surface area contributed by atoms with Crippen molar-refractivity contribution in [3.05, 3.63) is 29.6 Å². The molecule has 16 heteroatoms. The van der Waals surface area contributed by atoms with Crippen LogP contribution < -0.4 is 5.32 Å². The van der Waals surface area contributed by atoms with Crippen molar-refractivity contribution >= 4 is 55.6 Å². The van der Waals surface area contributed by atoms with Crippen LogP contribution in [0.25, 0.3) is 10.7 Å². The van der Waals surface area contributed by atoms with Gasteiger partial charge in [-0.2, -0.15) is 9.29 Å². The first-order valence-corrected chi connectivity index (χ1v) is 16.5. The number of rotatable bonds is 10. The summed E-state index contributed by atoms with van der Waals surface area (Å²) in [6.45, 7) is 1.54. The predicted octanol–water partition coefficient (Wildman–Crippen LogP) is 3.24. The molecule has 2 fully saturated rings. The number of hydrogen-bond acceptors (Lipinski definition) is 12. The fraction of sp³-hybridized carbons (Fsp3) is 0.520. The van der Waals surface area contributed by atoms with Crippen molar-refractivity contribution in [3.8, 4) is 10.7 Å². The van der Waals surface area contributed by atoms with Crippen molar-refractivity contribution in [3.63, 3.8) is 0 Å². The van der Waals surface area contributed by atoms with Crippen molar-refractivity contribution in [1.82, 2.24) is 24.3 Å². The first kappa shape index (κ1) is 29.3. The number of sulfonamides is 1. The molecule has 13 nitrogen and oxygen atoms in total. The van der Waals surface area contributed by atoms with E-state index >= 15 is 0 Å². The van der Waals surface area contributed by atoms with Gasteiger partial charge in [0.1, 0.15) is 10.3 Å². The van der Waals surface area contributed by atoms with E-state index in [2.05, 4.69) is 20.4 Å². The molecule has 0 radical (unpaired) electrons. The largest absolute Gasteiger partial charge is 0.459 e. The van der Waals surface area contributed by atoms with Gasteiger partial charge in [-0.25, -0.2) is 18.2 Å². The number of amides is 2. The Morgan fingerprint density at radius 3 is 2.73 bits per heavy atom. The average Bonchev–Trinajstić information content (AvgIpc) is 3.75. The Morgan fingerprint density at radius 1 is 1.22 bits per heavy atom. The number of esters is 1. The molecule has 2 aliphatic rings. The van der Waals surface area contributed by atoms with Gasteiger partial charge in [0, 0.05) is 24.7 Å². The fourth-order valence-corrected chi connectivity index (χ4v) is 8.39. The van der Waals surface area contributed by atoms with Gasteiger partial charge >= 0.3 is 11.9 Å². The molecule has 0 aromatic carbocycles. The Bertz CT molecular complexity index is 1480. The monoisotopic (exact) mass is 622 g/mol. The van der Waals surface area contributed by atoms with Gasteiger partial charge in [0.2, 0.25) is 17.6 Å². The highest BCUT2D eigenvalue weighted by molar-refractivity contribution is 7.91. The number of aromatic nitrogens is 3. The van der Waals surface area contributed by atoms with E-state index in [0.717, 1.165) is 41.3 Å². The van der Waals surface area contributed by atoms with E-state index < -0.39 is 27.9 Å². The number of piperazine rings is 1. The summed E-state index contributed by atoms with van der Waals surface area (Å²) in [5.74, 6) is -1.46. The lowest BCUT2D eigenvalue weighted by atomic mass is 9.84. The molecule has 1 saturated carbocycles. The lowest BCUT2D eigenvalue weighted by Crippen LogP contribution is -2.58. The summed E-state index contributed by atoms with van der Waals surface area (Å²) in [7, 11) is -4.02. The third-order valence-corrected chi connectivity index (χ3v) is 11.2. The number of thiazole rings is 1. The number of ether oxygens (including phenoxy) is 1. The van der Waals surface area contributed by atoms with Crippen LogP contribution in [0.3, 0.4) is 0 Å². The van der Waals surface area contributed by atoms with Gasteiger partial charge in [-0.1, -0.05) is 37.3 Å². The maximum absolute atomic E-state index is 13.5. The molecule has 1 aliphatic heterocycles. The molecule has 0 bridgehead atoms. The molecular formula is C25H30N6O7S3. The minimum atomic E-state index is -4.02. The molecule has 1 aliphatic carbocycles. The van der Waals surface area contributed by atoms with Crippen LogP contribution in [0.15, 0.2) is 32.4 Å². The third-order valence-electron chi connectivity index (χ3n) is 7.12. The minimum Gasteiger partial charge on any atom is -0.459 e. The topological polar surface area (TPSA) is 165 Å². The second-order valence-electron chi connectivity index (χ2n) is 9.77. The van der Waals surface area contributed by atoms with E-state index in [4.69, 9.17) is 9.26 Å². The number of nitrogens with zero attached hydrogens (tertiary/aromatic N) is 5. The van der Waals surface area contributed by atoms with E-state index in [1.54, 1.807) is 18.5 Å². The maximum Gasteiger partial charge on any atom is 0.397 e. The van der Waals surface area contributed by atoms with Gasteiger partial charge in [-0.3, -0.25) is 9.59 Å². The zero-order valence-corrected chi connectivity index (χ0v) is 24.8. The second-order valence-corrected chi connectivity index (χ2v) is 13.9. The van der Waals surface area contributed by atoms with Crippen molar-refractivity contribution in [2.75, 3.05) is 31.6 Å². The highest BCUT2D eigenvalue weighted by atomic mass is 32.2. The summed E-state index contributed by atoms with van der Waals surface area (Å²) in [6.07, 6.45) is 7.51. The average molecular weight is 623 g/mol. The van der Waals surface area contributed by atoms with Gasteiger partial charge in [0.15, 0.2) is 5.13 Å². The first-order chi connectivity index (χ1) is 19.8. The van der Waals surface area contributed by atoms with Crippen LogP contribution in [-0.2, 0) is 24.3 Å². The molecule has 4 heterocycles. The number of carbonyl (C=O) groups is 3. The lowest BCUT2D eigenvalue weighted by Gasteiger charge is -2.39. The van der Waals surface area contributed by atoms with E-state index in [0.29, 0.717) is 22.3 Å². The summed E-state index contributed by atoms with van der Waals surface area (Å²) in [5.41, 5.74) is 0. The smallest absolute Gasteiger partial charge is 0.397 e. The summed E-state index contributed by atoms with van der Waals surface area (Å²) < 4.78 is 37.8. The highest BCUT2D eigenvalue weighted by Gasteiger charge is 2.40. The standard InChI is InChI=1S/C25H30N6O7S3/c1-2-37-24(34)23-27-21(29-38-23)18-8-9-20(40-18)41(35,36)30-11-12-31(19(32)15-30)17(14-16-6-4-3-5-7-16)22(33)28-25-26-10-13-39-25/h8-10,13,16-17H,2-7,11-12,14-15H2,1H3,(H,26,28,33). The van der Waals surface area contributed by atoms with Crippen molar-refractivity contribution < 1.29 is 32.1 Å². The van der Waals surface area contributed by atoms with Crippen molar-refractivity contribution in [2.45, 2.75) is 55.7 Å². The Balaban J connectivity index is 1.28. The number of hydrogen-bond donors (Lipinski definition) is 1. The van der Waals surface area contributed by atoms with Gasteiger partial charge in [-0.05, 0) is 31.4 Å². The minimum absolute atomic E-state index is 0.00324. The van der Waals surface area contributed by atoms with Gasteiger partial charge < -0.3 is 19.5 Å². The maximum atomic E-state index is 13.5. The van der Waals surface area contributed by atoms with E-state index in [1.807, 2.05) is 0 Å². The number of nitrogens with one attached hydrogen (secondary N) is 1.